The van der Waals surface area contributed by atoms with E-state index in [1.165, 1.54) is 12.8 Å². The number of nitrogens with one attached hydrogen (secondary N) is 1. The van der Waals surface area contributed by atoms with Gasteiger partial charge in [-0.1, -0.05) is 0 Å². The minimum absolute atomic E-state index is 0.0608. The summed E-state index contributed by atoms with van der Waals surface area (Å²) in [6.07, 6.45) is 4.13. The highest BCUT2D eigenvalue weighted by molar-refractivity contribution is 5.81. The van der Waals surface area contributed by atoms with Crippen molar-refractivity contribution in [3.63, 3.8) is 0 Å². The van der Waals surface area contributed by atoms with E-state index in [0.717, 1.165) is 37.5 Å². The first-order valence-corrected chi connectivity index (χ1v) is 9.06. The van der Waals surface area contributed by atoms with Crippen LogP contribution in [-0.2, 0) is 9.53 Å². The summed E-state index contributed by atoms with van der Waals surface area (Å²) in [5, 5.41) is 3.06. The average Bonchev–Trinajstić information content (AvgIpc) is 3.27. The van der Waals surface area contributed by atoms with Gasteiger partial charge in [0, 0.05) is 19.8 Å². The van der Waals surface area contributed by atoms with E-state index < -0.39 is 6.04 Å². The second kappa shape index (κ2) is 8.14. The summed E-state index contributed by atoms with van der Waals surface area (Å²) < 4.78 is 11.2. The second-order valence-corrected chi connectivity index (χ2v) is 6.93. The zero-order valence-corrected chi connectivity index (χ0v) is 14.5. The Morgan fingerprint density at radius 3 is 2.67 bits per heavy atom. The largest absolute Gasteiger partial charge is 0.465 e. The van der Waals surface area contributed by atoms with Crippen LogP contribution in [0.15, 0.2) is 16.5 Å². The number of hydrogen-bond donors (Lipinski definition) is 2. The molecule has 1 aromatic rings. The molecule has 2 unspecified atom stereocenters. The third kappa shape index (κ3) is 4.18. The van der Waals surface area contributed by atoms with Gasteiger partial charge in [-0.25, -0.2) is 0 Å². The number of likely N-dealkylation sites (tertiary alicyclic amines) is 1. The van der Waals surface area contributed by atoms with Gasteiger partial charge in [0.05, 0.1) is 12.1 Å². The predicted octanol–water partition coefficient (Wildman–Crippen LogP) is 1.60. The summed E-state index contributed by atoms with van der Waals surface area (Å²) >= 11 is 0. The Hall–Kier alpha value is -1.37. The molecule has 6 heteroatoms. The molecule has 2 aliphatic heterocycles. The summed E-state index contributed by atoms with van der Waals surface area (Å²) in [6, 6.07) is 3.63. The molecule has 1 amide bonds. The Kier molecular flexibility index (Phi) is 5.92. The molecule has 134 valence electrons. The number of aryl methyl sites for hydroxylation is 1. The lowest BCUT2D eigenvalue weighted by Crippen LogP contribution is -2.49. The normalized spacial score (nSPS) is 22.4. The van der Waals surface area contributed by atoms with Crippen LogP contribution in [0.4, 0.5) is 0 Å². The Balaban J connectivity index is 1.59. The van der Waals surface area contributed by atoms with Gasteiger partial charge >= 0.3 is 0 Å². The van der Waals surface area contributed by atoms with Gasteiger partial charge in [0.2, 0.25) is 5.91 Å². The van der Waals surface area contributed by atoms with E-state index in [-0.39, 0.29) is 17.9 Å². The molecule has 0 aliphatic carbocycles. The smallest absolute Gasteiger partial charge is 0.237 e. The van der Waals surface area contributed by atoms with Gasteiger partial charge in [-0.05, 0) is 63.7 Å². The fraction of sp³-hybridized carbons (Fsp3) is 0.722. The van der Waals surface area contributed by atoms with Gasteiger partial charge < -0.3 is 20.2 Å². The summed E-state index contributed by atoms with van der Waals surface area (Å²) in [7, 11) is 0. The minimum atomic E-state index is -0.452. The number of rotatable bonds is 6. The van der Waals surface area contributed by atoms with Crippen LogP contribution in [0.25, 0.3) is 0 Å². The van der Waals surface area contributed by atoms with Gasteiger partial charge in [0.15, 0.2) is 0 Å². The molecule has 0 radical (unpaired) electrons. The Morgan fingerprint density at radius 1 is 1.33 bits per heavy atom. The van der Waals surface area contributed by atoms with Gasteiger partial charge in [-0.3, -0.25) is 9.69 Å². The molecule has 0 saturated carbocycles. The van der Waals surface area contributed by atoms with Crippen LogP contribution in [0, 0.1) is 12.8 Å². The number of furan rings is 1. The SMILES string of the molecule is Cc1ccc(C(CNC(=O)C(N)C2CCOCC2)N2CCCC2)o1. The molecule has 0 spiro atoms. The Morgan fingerprint density at radius 2 is 2.04 bits per heavy atom. The van der Waals surface area contributed by atoms with E-state index >= 15 is 0 Å². The van der Waals surface area contributed by atoms with Crippen LogP contribution >= 0.6 is 0 Å². The first-order chi connectivity index (χ1) is 11.6. The molecule has 2 saturated heterocycles. The van der Waals surface area contributed by atoms with Crippen LogP contribution in [-0.4, -0.2) is 49.7 Å². The van der Waals surface area contributed by atoms with Crippen molar-refractivity contribution in [1.82, 2.24) is 10.2 Å². The molecule has 2 aliphatic rings. The average molecular weight is 335 g/mol. The van der Waals surface area contributed by atoms with E-state index in [2.05, 4.69) is 10.2 Å². The Bertz CT molecular complexity index is 533. The maximum atomic E-state index is 12.5. The van der Waals surface area contributed by atoms with E-state index in [1.54, 1.807) is 0 Å². The summed E-state index contributed by atoms with van der Waals surface area (Å²) in [5.41, 5.74) is 6.17. The summed E-state index contributed by atoms with van der Waals surface area (Å²) in [4.78, 5) is 14.9. The van der Waals surface area contributed by atoms with Gasteiger partial charge in [-0.2, -0.15) is 0 Å². The fourth-order valence-electron chi connectivity index (χ4n) is 3.70. The Labute approximate surface area is 143 Å². The molecular weight excluding hydrogens is 306 g/mol. The van der Waals surface area contributed by atoms with Crippen LogP contribution in [0.5, 0.6) is 0 Å². The zero-order valence-electron chi connectivity index (χ0n) is 14.5. The van der Waals surface area contributed by atoms with Gasteiger partial charge in [0.25, 0.3) is 0 Å². The molecule has 3 N–H and O–H groups in total. The zero-order chi connectivity index (χ0) is 16.9. The van der Waals surface area contributed by atoms with Crippen molar-refractivity contribution in [1.29, 1.82) is 0 Å². The predicted molar refractivity (Wildman–Crippen MR) is 91.5 cm³/mol. The highest BCUT2D eigenvalue weighted by Gasteiger charge is 2.29. The highest BCUT2D eigenvalue weighted by Crippen LogP contribution is 2.26. The van der Waals surface area contributed by atoms with Crippen molar-refractivity contribution in [3.8, 4) is 0 Å². The van der Waals surface area contributed by atoms with Crippen LogP contribution in [0.2, 0.25) is 0 Å². The lowest BCUT2D eigenvalue weighted by atomic mass is 9.92. The molecule has 24 heavy (non-hydrogen) atoms. The van der Waals surface area contributed by atoms with E-state index in [4.69, 9.17) is 14.9 Å². The molecule has 0 bridgehead atoms. The maximum absolute atomic E-state index is 12.5. The second-order valence-electron chi connectivity index (χ2n) is 6.93. The summed E-state index contributed by atoms with van der Waals surface area (Å²) in [6.45, 7) is 5.99. The van der Waals surface area contributed by atoms with Gasteiger partial charge in [0.1, 0.15) is 11.5 Å². The van der Waals surface area contributed by atoms with Crippen LogP contribution < -0.4 is 11.1 Å². The van der Waals surface area contributed by atoms with E-state index in [9.17, 15) is 4.79 Å². The number of carbonyl (C=O) groups is 1. The first kappa shape index (κ1) is 17.5. The monoisotopic (exact) mass is 335 g/mol. The van der Waals surface area contributed by atoms with Crippen LogP contribution in [0.3, 0.4) is 0 Å². The van der Waals surface area contributed by atoms with Crippen molar-refractivity contribution in [2.45, 2.75) is 44.7 Å². The summed E-state index contributed by atoms with van der Waals surface area (Å²) in [5.74, 6) is 1.98. The maximum Gasteiger partial charge on any atom is 0.237 e. The topological polar surface area (TPSA) is 80.7 Å². The molecule has 2 fully saturated rings. The standard InChI is InChI=1S/C18H29N3O3/c1-13-4-5-16(24-13)15(21-8-2-3-9-21)12-20-18(22)17(19)14-6-10-23-11-7-14/h4-5,14-15,17H,2-3,6-12,19H2,1H3,(H,20,22). The quantitative estimate of drug-likeness (QED) is 0.825. The third-order valence-corrected chi connectivity index (χ3v) is 5.22. The lowest BCUT2D eigenvalue weighted by Gasteiger charge is -2.29. The van der Waals surface area contributed by atoms with E-state index in [0.29, 0.717) is 19.8 Å². The number of amides is 1. The van der Waals surface area contributed by atoms with Crippen molar-refractivity contribution in [2.24, 2.45) is 11.7 Å². The first-order valence-electron chi connectivity index (χ1n) is 9.06. The number of nitrogens with two attached hydrogens (primary N) is 1. The molecular formula is C18H29N3O3. The lowest BCUT2D eigenvalue weighted by molar-refractivity contribution is -0.124. The van der Waals surface area contributed by atoms with Crippen molar-refractivity contribution in [2.75, 3.05) is 32.8 Å². The molecule has 0 aromatic carbocycles. The van der Waals surface area contributed by atoms with Crippen molar-refractivity contribution >= 4 is 5.91 Å². The van der Waals surface area contributed by atoms with Crippen molar-refractivity contribution < 1.29 is 13.9 Å². The van der Waals surface area contributed by atoms with Crippen molar-refractivity contribution in [3.05, 3.63) is 23.7 Å². The molecule has 2 atom stereocenters. The number of nitrogens with zero attached hydrogens (tertiary/aromatic N) is 1. The number of hydrogen-bond acceptors (Lipinski definition) is 5. The highest BCUT2D eigenvalue weighted by atomic mass is 16.5. The molecule has 3 rings (SSSR count). The van der Waals surface area contributed by atoms with Gasteiger partial charge in [-0.15, -0.1) is 0 Å². The fourth-order valence-corrected chi connectivity index (χ4v) is 3.70. The number of carbonyl (C=O) groups excluding carboxylic acids is 1. The number of ether oxygens (including phenoxy) is 1. The molecule has 3 heterocycles. The molecule has 1 aromatic heterocycles. The van der Waals surface area contributed by atoms with Crippen LogP contribution in [0.1, 0.15) is 43.2 Å². The van der Waals surface area contributed by atoms with E-state index in [1.807, 2.05) is 19.1 Å². The minimum Gasteiger partial charge on any atom is -0.465 e. The third-order valence-electron chi connectivity index (χ3n) is 5.22. The molecule has 6 nitrogen and oxygen atoms in total.